The Hall–Kier alpha value is -1.09. The fraction of sp³-hybridized carbons (Fsp3) is 0.650. The molecule has 1 heterocycles. The third-order valence-corrected chi connectivity index (χ3v) is 5.22. The second-order valence-corrected chi connectivity index (χ2v) is 7.31. The molecule has 2 N–H and O–H groups in total. The fourth-order valence-corrected chi connectivity index (χ4v) is 2.98. The van der Waals surface area contributed by atoms with E-state index in [0.29, 0.717) is 24.2 Å². The Balaban J connectivity index is 0.00000364. The van der Waals surface area contributed by atoms with Gasteiger partial charge in [-0.05, 0) is 37.1 Å². The summed E-state index contributed by atoms with van der Waals surface area (Å²) in [5.41, 5.74) is 1.62. The van der Waals surface area contributed by atoms with E-state index in [2.05, 4.69) is 53.1 Å². The summed E-state index contributed by atoms with van der Waals surface area (Å²) in [4.78, 5) is 8.78. The molecule has 0 aliphatic carbocycles. The number of nitrogens with zero attached hydrogens (tertiary/aromatic N) is 3. The molecule has 0 radical (unpaired) electrons. The van der Waals surface area contributed by atoms with Crippen molar-refractivity contribution in [1.82, 2.24) is 15.5 Å². The number of benzene rings is 1. The van der Waals surface area contributed by atoms with E-state index in [1.54, 1.807) is 13.1 Å². The second kappa shape index (κ2) is 11.7. The molecule has 1 aliphatic rings. The van der Waals surface area contributed by atoms with E-state index in [1.807, 2.05) is 12.1 Å². The van der Waals surface area contributed by atoms with E-state index in [1.165, 1.54) is 0 Å². The summed E-state index contributed by atoms with van der Waals surface area (Å²) >= 11 is 0. The molecule has 0 aromatic heterocycles. The highest BCUT2D eigenvalue weighted by Crippen LogP contribution is 2.22. The van der Waals surface area contributed by atoms with Gasteiger partial charge >= 0.3 is 0 Å². The molecular weight excluding hydrogens is 456 g/mol. The molecule has 1 unspecified atom stereocenters. The molecule has 154 valence electrons. The van der Waals surface area contributed by atoms with E-state index in [-0.39, 0.29) is 29.8 Å². The minimum absolute atomic E-state index is 0. The summed E-state index contributed by atoms with van der Waals surface area (Å²) in [6.45, 7) is 14.0. The number of nitrogens with one attached hydrogen (secondary N) is 2. The Morgan fingerprint density at radius 1 is 1.19 bits per heavy atom. The van der Waals surface area contributed by atoms with Gasteiger partial charge in [0.15, 0.2) is 5.96 Å². The molecule has 1 aromatic rings. The summed E-state index contributed by atoms with van der Waals surface area (Å²) in [7, 11) is 1.75. The van der Waals surface area contributed by atoms with Gasteiger partial charge in [0.2, 0.25) is 0 Å². The SMILES string of the molecule is CCN1CCN(c2ccc(CNC(=NC)NC(C)C(C)C)cc2F)CC1.I. The van der Waals surface area contributed by atoms with Gasteiger partial charge < -0.3 is 20.4 Å². The van der Waals surface area contributed by atoms with Crippen molar-refractivity contribution in [3.05, 3.63) is 29.6 Å². The largest absolute Gasteiger partial charge is 0.367 e. The molecule has 1 atom stereocenters. The van der Waals surface area contributed by atoms with Crippen LogP contribution in [-0.2, 0) is 6.54 Å². The van der Waals surface area contributed by atoms with Gasteiger partial charge in [0.1, 0.15) is 5.82 Å². The fourth-order valence-electron chi connectivity index (χ4n) is 2.98. The lowest BCUT2D eigenvalue weighted by molar-refractivity contribution is 0.270. The molecule has 1 saturated heterocycles. The number of hydrogen-bond acceptors (Lipinski definition) is 3. The third kappa shape index (κ3) is 7.10. The maximum absolute atomic E-state index is 14.6. The summed E-state index contributed by atoms with van der Waals surface area (Å²) in [5.74, 6) is 1.11. The molecule has 7 heteroatoms. The Kier molecular flexibility index (Phi) is 10.4. The van der Waals surface area contributed by atoms with Crippen LogP contribution < -0.4 is 15.5 Å². The predicted molar refractivity (Wildman–Crippen MR) is 124 cm³/mol. The zero-order valence-electron chi connectivity index (χ0n) is 17.3. The highest BCUT2D eigenvalue weighted by molar-refractivity contribution is 14.0. The molecule has 1 fully saturated rings. The average Bonchev–Trinajstić information content (AvgIpc) is 2.65. The highest BCUT2D eigenvalue weighted by atomic mass is 127. The molecule has 0 amide bonds. The van der Waals surface area contributed by atoms with Crippen molar-refractivity contribution in [3.8, 4) is 0 Å². The van der Waals surface area contributed by atoms with Gasteiger partial charge in [-0.25, -0.2) is 4.39 Å². The van der Waals surface area contributed by atoms with Gasteiger partial charge in [0.05, 0.1) is 5.69 Å². The first kappa shape index (κ1) is 23.9. The van der Waals surface area contributed by atoms with Crippen LogP contribution in [0.25, 0.3) is 0 Å². The third-order valence-electron chi connectivity index (χ3n) is 5.22. The first-order valence-corrected chi connectivity index (χ1v) is 9.67. The Morgan fingerprint density at radius 2 is 1.85 bits per heavy atom. The zero-order valence-corrected chi connectivity index (χ0v) is 19.6. The van der Waals surface area contributed by atoms with Crippen molar-refractivity contribution in [2.75, 3.05) is 44.7 Å². The Morgan fingerprint density at radius 3 is 2.37 bits per heavy atom. The van der Waals surface area contributed by atoms with Crippen LogP contribution in [-0.4, -0.2) is 56.7 Å². The molecule has 0 bridgehead atoms. The van der Waals surface area contributed by atoms with Crippen molar-refractivity contribution >= 4 is 35.6 Å². The van der Waals surface area contributed by atoms with E-state index in [0.717, 1.165) is 44.2 Å². The van der Waals surface area contributed by atoms with Crippen LogP contribution in [0.4, 0.5) is 10.1 Å². The molecule has 27 heavy (non-hydrogen) atoms. The zero-order chi connectivity index (χ0) is 19.1. The van der Waals surface area contributed by atoms with Gasteiger partial charge in [-0.2, -0.15) is 0 Å². The lowest BCUT2D eigenvalue weighted by Crippen LogP contribution is -2.46. The van der Waals surface area contributed by atoms with Gasteiger partial charge in [-0.1, -0.05) is 26.8 Å². The van der Waals surface area contributed by atoms with Crippen LogP contribution in [0.15, 0.2) is 23.2 Å². The van der Waals surface area contributed by atoms with Crippen LogP contribution >= 0.6 is 24.0 Å². The van der Waals surface area contributed by atoms with Crippen molar-refractivity contribution in [1.29, 1.82) is 0 Å². The van der Waals surface area contributed by atoms with Crippen LogP contribution in [0, 0.1) is 11.7 Å². The number of halogens is 2. The first-order chi connectivity index (χ1) is 12.4. The summed E-state index contributed by atoms with van der Waals surface area (Å²) < 4.78 is 14.6. The van der Waals surface area contributed by atoms with Gasteiger partial charge in [-0.15, -0.1) is 24.0 Å². The van der Waals surface area contributed by atoms with Gasteiger partial charge in [-0.3, -0.25) is 4.99 Å². The van der Waals surface area contributed by atoms with E-state index < -0.39 is 0 Å². The minimum Gasteiger partial charge on any atom is -0.367 e. The maximum atomic E-state index is 14.6. The number of hydrogen-bond donors (Lipinski definition) is 2. The maximum Gasteiger partial charge on any atom is 0.191 e. The number of guanidine groups is 1. The smallest absolute Gasteiger partial charge is 0.191 e. The number of aliphatic imine (C=N–C) groups is 1. The topological polar surface area (TPSA) is 42.9 Å². The molecule has 0 spiro atoms. The number of anilines is 1. The molecule has 5 nitrogen and oxygen atoms in total. The van der Waals surface area contributed by atoms with Crippen molar-refractivity contribution in [3.63, 3.8) is 0 Å². The molecule has 2 rings (SSSR count). The highest BCUT2D eigenvalue weighted by Gasteiger charge is 2.18. The van der Waals surface area contributed by atoms with E-state index in [4.69, 9.17) is 0 Å². The van der Waals surface area contributed by atoms with Gasteiger partial charge in [0, 0.05) is 45.8 Å². The monoisotopic (exact) mass is 491 g/mol. The van der Waals surface area contributed by atoms with Crippen LogP contribution in [0.3, 0.4) is 0 Å². The van der Waals surface area contributed by atoms with Crippen molar-refractivity contribution in [2.24, 2.45) is 10.9 Å². The number of rotatable bonds is 6. The molecule has 1 aliphatic heterocycles. The van der Waals surface area contributed by atoms with E-state index in [9.17, 15) is 4.39 Å². The van der Waals surface area contributed by atoms with Crippen molar-refractivity contribution in [2.45, 2.75) is 40.3 Å². The standard InChI is InChI=1S/C20H34FN5.HI/c1-6-25-9-11-26(12-10-25)19-8-7-17(13-18(19)21)14-23-20(22-5)24-16(4)15(2)3;/h7-8,13,15-16H,6,9-12,14H2,1-5H3,(H2,22,23,24);1H. The lowest BCUT2D eigenvalue weighted by Gasteiger charge is -2.35. The number of piperazine rings is 1. The quantitative estimate of drug-likeness (QED) is 0.364. The Labute approximate surface area is 180 Å². The molecule has 1 aromatic carbocycles. The van der Waals surface area contributed by atoms with E-state index >= 15 is 0 Å². The minimum atomic E-state index is -0.146. The molecular formula is C20H35FIN5. The van der Waals surface area contributed by atoms with Crippen LogP contribution in [0.5, 0.6) is 0 Å². The van der Waals surface area contributed by atoms with Crippen molar-refractivity contribution < 1.29 is 4.39 Å². The van der Waals surface area contributed by atoms with Crippen LogP contribution in [0.1, 0.15) is 33.3 Å². The lowest BCUT2D eigenvalue weighted by atomic mass is 10.1. The Bertz CT molecular complexity index is 600. The second-order valence-electron chi connectivity index (χ2n) is 7.31. The molecule has 0 saturated carbocycles. The van der Waals surface area contributed by atoms with Crippen LogP contribution in [0.2, 0.25) is 0 Å². The summed E-state index contributed by atoms with van der Waals surface area (Å²) in [6.07, 6.45) is 0. The average molecular weight is 491 g/mol. The predicted octanol–water partition coefficient (Wildman–Crippen LogP) is 3.30. The summed E-state index contributed by atoms with van der Waals surface area (Å²) in [5, 5.41) is 6.62. The van der Waals surface area contributed by atoms with Gasteiger partial charge in [0.25, 0.3) is 0 Å². The number of likely N-dealkylation sites (N-methyl/N-ethyl adjacent to an activating group) is 1. The first-order valence-electron chi connectivity index (χ1n) is 9.67. The summed E-state index contributed by atoms with van der Waals surface area (Å²) in [6, 6.07) is 5.85. The normalized spacial score (nSPS) is 16.9.